The van der Waals surface area contributed by atoms with E-state index in [-0.39, 0.29) is 12.4 Å². The lowest BCUT2D eigenvalue weighted by molar-refractivity contribution is 0.174. The van der Waals surface area contributed by atoms with Crippen molar-refractivity contribution in [3.8, 4) is 11.5 Å². The predicted octanol–water partition coefficient (Wildman–Crippen LogP) is 3.87. The zero-order valence-corrected chi connectivity index (χ0v) is 10.8. The number of ether oxygens (including phenoxy) is 2. The van der Waals surface area contributed by atoms with Gasteiger partial charge >= 0.3 is 0 Å². The van der Waals surface area contributed by atoms with E-state index in [2.05, 4.69) is 5.32 Å². The Labute approximate surface area is 115 Å². The van der Waals surface area contributed by atoms with Crippen LogP contribution in [-0.4, -0.2) is 6.79 Å². The van der Waals surface area contributed by atoms with Gasteiger partial charge in [-0.15, -0.1) is 0 Å². The quantitative estimate of drug-likeness (QED) is 0.924. The third kappa shape index (κ3) is 2.27. The Kier molecular flexibility index (Phi) is 3.18. The van der Waals surface area contributed by atoms with Crippen LogP contribution < -0.4 is 14.8 Å². The van der Waals surface area contributed by atoms with Crippen molar-refractivity contribution in [2.24, 2.45) is 0 Å². The number of halogens is 2. The summed E-state index contributed by atoms with van der Waals surface area (Å²) in [6.07, 6.45) is 0. The van der Waals surface area contributed by atoms with E-state index in [0.717, 1.165) is 0 Å². The third-order valence-corrected chi connectivity index (χ3v) is 3.19. The van der Waals surface area contributed by atoms with Crippen LogP contribution >= 0.6 is 0 Å². The molecule has 104 valence electrons. The third-order valence-electron chi connectivity index (χ3n) is 3.19. The smallest absolute Gasteiger partial charge is 0.231 e. The average Bonchev–Trinajstić information content (AvgIpc) is 2.85. The summed E-state index contributed by atoms with van der Waals surface area (Å²) in [5, 5.41) is 3.05. The minimum atomic E-state index is -0.564. The lowest BCUT2D eigenvalue weighted by Crippen LogP contribution is -2.10. The summed E-state index contributed by atoms with van der Waals surface area (Å²) >= 11 is 0. The highest BCUT2D eigenvalue weighted by Crippen LogP contribution is 2.35. The van der Waals surface area contributed by atoms with Gasteiger partial charge in [-0.05, 0) is 31.2 Å². The summed E-state index contributed by atoms with van der Waals surface area (Å²) in [4.78, 5) is 0. The van der Waals surface area contributed by atoms with E-state index < -0.39 is 17.7 Å². The van der Waals surface area contributed by atoms with Crippen molar-refractivity contribution in [1.29, 1.82) is 0 Å². The van der Waals surface area contributed by atoms with Gasteiger partial charge < -0.3 is 14.8 Å². The molecule has 0 radical (unpaired) electrons. The van der Waals surface area contributed by atoms with Crippen LogP contribution in [0, 0.1) is 11.6 Å². The van der Waals surface area contributed by atoms with Gasteiger partial charge in [0.2, 0.25) is 6.79 Å². The largest absolute Gasteiger partial charge is 0.454 e. The van der Waals surface area contributed by atoms with Gasteiger partial charge in [0.05, 0.1) is 6.04 Å². The van der Waals surface area contributed by atoms with Crippen molar-refractivity contribution in [3.05, 3.63) is 53.6 Å². The fourth-order valence-electron chi connectivity index (χ4n) is 2.23. The first kappa shape index (κ1) is 12.7. The molecule has 0 bridgehead atoms. The van der Waals surface area contributed by atoms with Crippen LogP contribution in [0.4, 0.5) is 14.5 Å². The van der Waals surface area contributed by atoms with Crippen LogP contribution in [0.15, 0.2) is 36.4 Å². The van der Waals surface area contributed by atoms with E-state index in [9.17, 15) is 8.78 Å². The number of hydrogen-bond donors (Lipinski definition) is 1. The standard InChI is InChI=1S/C15H13F2NO2/c1-9(15-11(16)3-2-4-12(15)17)18-10-5-6-13-14(7-10)20-8-19-13/h2-7,9,18H,8H2,1H3. The van der Waals surface area contributed by atoms with Crippen LogP contribution in [0.1, 0.15) is 18.5 Å². The molecule has 0 saturated carbocycles. The minimum absolute atomic E-state index is 0.0187. The van der Waals surface area contributed by atoms with E-state index in [1.807, 2.05) is 0 Å². The number of benzene rings is 2. The maximum atomic E-state index is 13.7. The Bertz CT molecular complexity index is 626. The topological polar surface area (TPSA) is 30.5 Å². The maximum absolute atomic E-state index is 13.7. The summed E-state index contributed by atoms with van der Waals surface area (Å²) in [7, 11) is 0. The van der Waals surface area contributed by atoms with E-state index in [1.165, 1.54) is 18.2 Å². The van der Waals surface area contributed by atoms with Gasteiger partial charge in [0.1, 0.15) is 11.6 Å². The van der Waals surface area contributed by atoms with E-state index in [1.54, 1.807) is 25.1 Å². The van der Waals surface area contributed by atoms with E-state index in [4.69, 9.17) is 9.47 Å². The Hall–Kier alpha value is -2.30. The van der Waals surface area contributed by atoms with Crippen LogP contribution in [0.5, 0.6) is 11.5 Å². The van der Waals surface area contributed by atoms with Crippen molar-refractivity contribution < 1.29 is 18.3 Å². The van der Waals surface area contributed by atoms with Gasteiger partial charge in [0.25, 0.3) is 0 Å². The van der Waals surface area contributed by atoms with Crippen molar-refractivity contribution in [2.75, 3.05) is 12.1 Å². The van der Waals surface area contributed by atoms with Gasteiger partial charge in [0, 0.05) is 17.3 Å². The molecule has 1 aliphatic heterocycles. The molecular weight excluding hydrogens is 264 g/mol. The van der Waals surface area contributed by atoms with Crippen LogP contribution in [-0.2, 0) is 0 Å². The Morgan fingerprint density at radius 3 is 2.50 bits per heavy atom. The average molecular weight is 277 g/mol. The number of fused-ring (bicyclic) bond motifs is 1. The van der Waals surface area contributed by atoms with Crippen molar-refractivity contribution in [3.63, 3.8) is 0 Å². The zero-order valence-electron chi connectivity index (χ0n) is 10.8. The molecular formula is C15H13F2NO2. The molecule has 1 heterocycles. The molecule has 0 aromatic heterocycles. The molecule has 0 saturated heterocycles. The highest BCUT2D eigenvalue weighted by atomic mass is 19.1. The monoisotopic (exact) mass is 277 g/mol. The SMILES string of the molecule is CC(Nc1ccc2c(c1)OCO2)c1c(F)cccc1F. The fourth-order valence-corrected chi connectivity index (χ4v) is 2.23. The molecule has 0 amide bonds. The Balaban J connectivity index is 1.84. The Morgan fingerprint density at radius 1 is 1.05 bits per heavy atom. The molecule has 5 heteroatoms. The van der Waals surface area contributed by atoms with Gasteiger partial charge in [-0.2, -0.15) is 0 Å². The molecule has 1 unspecified atom stereocenters. The number of anilines is 1. The molecule has 1 N–H and O–H groups in total. The molecule has 3 rings (SSSR count). The normalized spacial score (nSPS) is 14.2. The van der Waals surface area contributed by atoms with Crippen LogP contribution in [0.25, 0.3) is 0 Å². The first-order valence-corrected chi connectivity index (χ1v) is 6.25. The highest BCUT2D eigenvalue weighted by molar-refractivity contribution is 5.56. The van der Waals surface area contributed by atoms with Gasteiger partial charge in [-0.1, -0.05) is 6.07 Å². The number of nitrogens with one attached hydrogen (secondary N) is 1. The second kappa shape index (κ2) is 5.00. The molecule has 20 heavy (non-hydrogen) atoms. The molecule has 3 nitrogen and oxygen atoms in total. The maximum Gasteiger partial charge on any atom is 0.231 e. The van der Waals surface area contributed by atoms with E-state index >= 15 is 0 Å². The molecule has 0 aliphatic carbocycles. The van der Waals surface area contributed by atoms with Crippen LogP contribution in [0.2, 0.25) is 0 Å². The van der Waals surface area contributed by atoms with E-state index in [0.29, 0.717) is 17.2 Å². The summed E-state index contributed by atoms with van der Waals surface area (Å²) in [6, 6.07) is 8.63. The molecule has 2 aromatic rings. The van der Waals surface area contributed by atoms with Crippen LogP contribution in [0.3, 0.4) is 0 Å². The number of hydrogen-bond acceptors (Lipinski definition) is 3. The Morgan fingerprint density at radius 2 is 1.75 bits per heavy atom. The molecule has 1 aliphatic rings. The summed E-state index contributed by atoms with van der Waals surface area (Å²) in [6.45, 7) is 1.89. The molecule has 2 aromatic carbocycles. The summed E-state index contributed by atoms with van der Waals surface area (Å²) < 4.78 is 37.9. The second-order valence-corrected chi connectivity index (χ2v) is 4.57. The van der Waals surface area contributed by atoms with Gasteiger partial charge in [0.15, 0.2) is 11.5 Å². The number of rotatable bonds is 3. The molecule has 0 spiro atoms. The lowest BCUT2D eigenvalue weighted by Gasteiger charge is -2.17. The van der Waals surface area contributed by atoms with Crippen molar-refractivity contribution in [1.82, 2.24) is 0 Å². The zero-order chi connectivity index (χ0) is 14.1. The van der Waals surface area contributed by atoms with Crippen molar-refractivity contribution in [2.45, 2.75) is 13.0 Å². The van der Waals surface area contributed by atoms with Gasteiger partial charge in [-0.3, -0.25) is 0 Å². The molecule has 1 atom stereocenters. The highest BCUT2D eigenvalue weighted by Gasteiger charge is 2.18. The minimum Gasteiger partial charge on any atom is -0.454 e. The van der Waals surface area contributed by atoms with Crippen molar-refractivity contribution >= 4 is 5.69 Å². The fraction of sp³-hybridized carbons (Fsp3) is 0.200. The summed E-state index contributed by atoms with van der Waals surface area (Å²) in [5.74, 6) is 0.160. The first-order valence-electron chi connectivity index (χ1n) is 6.25. The predicted molar refractivity (Wildman–Crippen MR) is 71.0 cm³/mol. The molecule has 0 fully saturated rings. The summed E-state index contributed by atoms with van der Waals surface area (Å²) in [5.41, 5.74) is 0.731. The van der Waals surface area contributed by atoms with Gasteiger partial charge in [-0.25, -0.2) is 8.78 Å². The lowest BCUT2D eigenvalue weighted by atomic mass is 10.1. The second-order valence-electron chi connectivity index (χ2n) is 4.57. The first-order chi connectivity index (χ1) is 9.65.